The van der Waals surface area contributed by atoms with Crippen LogP contribution in [0.4, 0.5) is 5.69 Å². The third kappa shape index (κ3) is 4.62. The van der Waals surface area contributed by atoms with E-state index in [1.54, 1.807) is 12.1 Å². The number of anilines is 1. The average Bonchev–Trinajstić information content (AvgIpc) is 3.18. The molecule has 158 valence electrons. The lowest BCUT2D eigenvalue weighted by atomic mass is 10.1. The maximum atomic E-state index is 12.6. The fraction of sp³-hybridized carbons (Fsp3) is 0.125. The lowest BCUT2D eigenvalue weighted by Crippen LogP contribution is -2.25. The number of carbonyl (C=O) groups is 1. The monoisotopic (exact) mass is 433 g/mol. The van der Waals surface area contributed by atoms with Crippen LogP contribution in [0.25, 0.3) is 10.9 Å². The van der Waals surface area contributed by atoms with Gasteiger partial charge in [-0.1, -0.05) is 36.4 Å². The summed E-state index contributed by atoms with van der Waals surface area (Å²) >= 11 is 0. The third-order valence-corrected chi connectivity index (χ3v) is 6.55. The number of carbonyl (C=O) groups excluding carboxylic acids is 1. The number of hydrogen-bond donors (Lipinski definition) is 3. The highest BCUT2D eigenvalue weighted by Crippen LogP contribution is 2.20. The third-order valence-electron chi connectivity index (χ3n) is 5.17. The van der Waals surface area contributed by atoms with Crippen LogP contribution in [-0.2, 0) is 16.4 Å². The lowest BCUT2D eigenvalue weighted by Gasteiger charge is -2.11. The fourth-order valence-corrected chi connectivity index (χ4v) is 4.56. The van der Waals surface area contributed by atoms with E-state index in [1.807, 2.05) is 49.5 Å². The Labute approximate surface area is 181 Å². The Morgan fingerprint density at radius 3 is 2.42 bits per heavy atom. The van der Waals surface area contributed by atoms with Crippen LogP contribution in [0.3, 0.4) is 0 Å². The first-order valence-electron chi connectivity index (χ1n) is 9.96. The van der Waals surface area contributed by atoms with Crippen LogP contribution in [0.5, 0.6) is 0 Å². The molecule has 4 rings (SSSR count). The van der Waals surface area contributed by atoms with Gasteiger partial charge in [-0.2, -0.15) is 0 Å². The number of para-hydroxylation sites is 2. The van der Waals surface area contributed by atoms with Gasteiger partial charge in [-0.15, -0.1) is 0 Å². The van der Waals surface area contributed by atoms with Gasteiger partial charge in [0.25, 0.3) is 15.9 Å². The summed E-state index contributed by atoms with van der Waals surface area (Å²) in [7, 11) is -3.73. The van der Waals surface area contributed by atoms with E-state index in [1.165, 1.54) is 24.3 Å². The Morgan fingerprint density at radius 1 is 0.935 bits per heavy atom. The molecule has 1 aromatic heterocycles. The smallest absolute Gasteiger partial charge is 0.261 e. The molecule has 0 atom stereocenters. The summed E-state index contributed by atoms with van der Waals surface area (Å²) < 4.78 is 27.8. The molecule has 1 amide bonds. The van der Waals surface area contributed by atoms with Crippen molar-refractivity contribution >= 4 is 32.5 Å². The van der Waals surface area contributed by atoms with Crippen LogP contribution < -0.4 is 10.0 Å². The van der Waals surface area contributed by atoms with Crippen LogP contribution in [0.1, 0.15) is 21.5 Å². The van der Waals surface area contributed by atoms with E-state index < -0.39 is 10.0 Å². The molecule has 0 unspecified atom stereocenters. The number of hydrogen-bond acceptors (Lipinski definition) is 3. The van der Waals surface area contributed by atoms with Gasteiger partial charge in [0.2, 0.25) is 0 Å². The first-order chi connectivity index (χ1) is 14.9. The van der Waals surface area contributed by atoms with Crippen LogP contribution in [0.2, 0.25) is 0 Å². The first-order valence-corrected chi connectivity index (χ1v) is 11.4. The minimum Gasteiger partial charge on any atom is -0.361 e. The zero-order chi connectivity index (χ0) is 21.8. The van der Waals surface area contributed by atoms with Crippen LogP contribution in [0, 0.1) is 6.92 Å². The number of aromatic amines is 1. The molecule has 0 aliphatic heterocycles. The predicted molar refractivity (Wildman–Crippen MR) is 123 cm³/mol. The van der Waals surface area contributed by atoms with Gasteiger partial charge in [-0.05, 0) is 60.9 Å². The summed E-state index contributed by atoms with van der Waals surface area (Å²) in [6.45, 7) is 2.32. The van der Waals surface area contributed by atoms with E-state index in [0.29, 0.717) is 24.2 Å². The van der Waals surface area contributed by atoms with Crippen molar-refractivity contribution in [3.05, 3.63) is 95.7 Å². The van der Waals surface area contributed by atoms with Crippen molar-refractivity contribution < 1.29 is 13.2 Å². The highest BCUT2D eigenvalue weighted by Gasteiger charge is 2.16. The molecule has 0 saturated carbocycles. The predicted octanol–water partition coefficient (Wildman–Crippen LogP) is 4.25. The molecule has 0 saturated heterocycles. The van der Waals surface area contributed by atoms with E-state index in [4.69, 9.17) is 0 Å². The van der Waals surface area contributed by atoms with Crippen molar-refractivity contribution in [1.82, 2.24) is 10.3 Å². The zero-order valence-electron chi connectivity index (χ0n) is 17.1. The summed E-state index contributed by atoms with van der Waals surface area (Å²) in [6.07, 6.45) is 2.65. The Hall–Kier alpha value is -3.58. The molecule has 0 radical (unpaired) electrons. The van der Waals surface area contributed by atoms with E-state index >= 15 is 0 Å². The summed E-state index contributed by atoms with van der Waals surface area (Å²) in [5.41, 5.74) is 3.98. The average molecular weight is 434 g/mol. The number of aryl methyl sites for hydroxylation is 1. The van der Waals surface area contributed by atoms with Crippen LogP contribution in [0.15, 0.2) is 83.9 Å². The van der Waals surface area contributed by atoms with E-state index in [9.17, 15) is 13.2 Å². The second kappa shape index (κ2) is 8.65. The highest BCUT2D eigenvalue weighted by molar-refractivity contribution is 7.92. The number of amides is 1. The van der Waals surface area contributed by atoms with Crippen molar-refractivity contribution in [3.63, 3.8) is 0 Å². The largest absolute Gasteiger partial charge is 0.361 e. The Balaban J connectivity index is 1.38. The molecule has 0 bridgehead atoms. The Morgan fingerprint density at radius 2 is 1.65 bits per heavy atom. The number of aromatic nitrogens is 1. The maximum absolute atomic E-state index is 12.6. The van der Waals surface area contributed by atoms with Crippen molar-refractivity contribution in [2.45, 2.75) is 18.2 Å². The second-order valence-electron chi connectivity index (χ2n) is 7.31. The number of benzene rings is 3. The van der Waals surface area contributed by atoms with Gasteiger partial charge in [0.05, 0.1) is 10.6 Å². The van der Waals surface area contributed by atoms with E-state index in [-0.39, 0.29) is 10.8 Å². The minimum absolute atomic E-state index is 0.103. The molecule has 6 nitrogen and oxygen atoms in total. The van der Waals surface area contributed by atoms with E-state index in [0.717, 1.165) is 22.0 Å². The molecule has 3 N–H and O–H groups in total. The molecule has 3 aromatic carbocycles. The van der Waals surface area contributed by atoms with Crippen molar-refractivity contribution in [2.24, 2.45) is 0 Å². The van der Waals surface area contributed by atoms with Crippen molar-refractivity contribution in [2.75, 3.05) is 11.3 Å². The van der Waals surface area contributed by atoms with Gasteiger partial charge in [0.1, 0.15) is 0 Å². The number of rotatable bonds is 7. The van der Waals surface area contributed by atoms with Gasteiger partial charge >= 0.3 is 0 Å². The summed E-state index contributed by atoms with van der Waals surface area (Å²) in [5, 5.41) is 4.04. The first kappa shape index (κ1) is 20.7. The minimum atomic E-state index is -3.73. The van der Waals surface area contributed by atoms with E-state index in [2.05, 4.69) is 15.0 Å². The molecule has 0 spiro atoms. The molecule has 0 aliphatic carbocycles. The summed E-state index contributed by atoms with van der Waals surface area (Å²) in [4.78, 5) is 15.8. The zero-order valence-corrected chi connectivity index (χ0v) is 17.9. The van der Waals surface area contributed by atoms with Crippen LogP contribution in [-0.4, -0.2) is 25.9 Å². The quantitative estimate of drug-likeness (QED) is 0.407. The fourth-order valence-electron chi connectivity index (χ4n) is 3.43. The second-order valence-corrected chi connectivity index (χ2v) is 8.99. The standard InChI is InChI=1S/C24H23N3O3S/c1-17-6-2-4-8-22(17)27-31(29,30)20-12-10-18(11-13-20)24(28)25-15-14-19-16-26-23-9-5-3-7-21(19)23/h2-13,16,26-27H,14-15H2,1H3,(H,25,28). The normalized spacial score (nSPS) is 11.4. The lowest BCUT2D eigenvalue weighted by molar-refractivity contribution is 0.0954. The van der Waals surface area contributed by atoms with Gasteiger partial charge in [0.15, 0.2) is 0 Å². The van der Waals surface area contributed by atoms with Gasteiger partial charge in [-0.25, -0.2) is 8.42 Å². The SMILES string of the molecule is Cc1ccccc1NS(=O)(=O)c1ccc(C(=O)NCCc2c[nH]c3ccccc23)cc1. The number of H-pyrrole nitrogens is 1. The maximum Gasteiger partial charge on any atom is 0.261 e. The molecule has 0 fully saturated rings. The summed E-state index contributed by atoms with van der Waals surface area (Å²) in [6, 6.07) is 21.1. The topological polar surface area (TPSA) is 91.1 Å². The number of nitrogens with one attached hydrogen (secondary N) is 3. The molecule has 1 heterocycles. The Kier molecular flexibility index (Phi) is 5.77. The Bertz CT molecular complexity index is 1330. The number of sulfonamides is 1. The molecule has 31 heavy (non-hydrogen) atoms. The summed E-state index contributed by atoms with van der Waals surface area (Å²) in [5.74, 6) is -0.240. The van der Waals surface area contributed by atoms with Crippen molar-refractivity contribution in [3.8, 4) is 0 Å². The molecule has 7 heteroatoms. The van der Waals surface area contributed by atoms with Crippen molar-refractivity contribution in [1.29, 1.82) is 0 Å². The molecule has 4 aromatic rings. The molecular weight excluding hydrogens is 410 g/mol. The molecule has 0 aliphatic rings. The van der Waals surface area contributed by atoms with Gasteiger partial charge in [-0.3, -0.25) is 9.52 Å². The van der Waals surface area contributed by atoms with Gasteiger partial charge < -0.3 is 10.3 Å². The molecular formula is C24H23N3O3S. The highest BCUT2D eigenvalue weighted by atomic mass is 32.2. The van der Waals surface area contributed by atoms with Crippen LogP contribution >= 0.6 is 0 Å². The van der Waals surface area contributed by atoms with Gasteiger partial charge in [0, 0.05) is 29.2 Å². The number of fused-ring (bicyclic) bond motifs is 1.